The van der Waals surface area contributed by atoms with Crippen molar-refractivity contribution in [2.45, 2.75) is 31.7 Å². The molecule has 0 aromatic carbocycles. The first kappa shape index (κ1) is 10.0. The third-order valence-electron chi connectivity index (χ3n) is 3.63. The highest BCUT2D eigenvalue weighted by atomic mass is 15.2. The predicted molar refractivity (Wildman–Crippen MR) is 58.7 cm³/mol. The van der Waals surface area contributed by atoms with Gasteiger partial charge in [0.15, 0.2) is 0 Å². The van der Waals surface area contributed by atoms with Crippen LogP contribution in [0, 0.1) is 24.2 Å². The lowest BCUT2D eigenvalue weighted by molar-refractivity contribution is 0.0744. The molecule has 2 atom stereocenters. The van der Waals surface area contributed by atoms with Crippen molar-refractivity contribution in [1.82, 2.24) is 4.90 Å². The molecule has 0 spiro atoms. The van der Waals surface area contributed by atoms with Crippen LogP contribution in [0.25, 0.3) is 0 Å². The smallest absolute Gasteiger partial charge is 0.0601 e. The summed E-state index contributed by atoms with van der Waals surface area (Å²) in [6.45, 7) is 2.86. The van der Waals surface area contributed by atoms with E-state index in [1.807, 2.05) is 0 Å². The molecule has 2 saturated carbocycles. The van der Waals surface area contributed by atoms with Gasteiger partial charge in [0.05, 0.1) is 6.54 Å². The standard InChI is InChI=1S/C12H20N2/c1-2-7-14(9-10-3-4-10)12-6-5-11(12)8-13/h1,10-12H,3-9,13H2. The van der Waals surface area contributed by atoms with Crippen LogP contribution in [-0.2, 0) is 0 Å². The fourth-order valence-corrected chi connectivity index (χ4v) is 2.37. The van der Waals surface area contributed by atoms with Crippen molar-refractivity contribution >= 4 is 0 Å². The van der Waals surface area contributed by atoms with Gasteiger partial charge in [-0.15, -0.1) is 6.42 Å². The van der Waals surface area contributed by atoms with Gasteiger partial charge in [0.25, 0.3) is 0 Å². The Balaban J connectivity index is 1.85. The highest BCUT2D eigenvalue weighted by molar-refractivity contribution is 4.97. The topological polar surface area (TPSA) is 29.3 Å². The summed E-state index contributed by atoms with van der Waals surface area (Å²) in [5, 5.41) is 0. The second-order valence-electron chi connectivity index (χ2n) is 4.72. The van der Waals surface area contributed by atoms with Gasteiger partial charge in [0.2, 0.25) is 0 Å². The summed E-state index contributed by atoms with van der Waals surface area (Å²) in [6, 6.07) is 0.691. The molecule has 0 aromatic rings. The zero-order valence-corrected chi connectivity index (χ0v) is 8.78. The van der Waals surface area contributed by atoms with E-state index in [9.17, 15) is 0 Å². The Morgan fingerprint density at radius 1 is 1.29 bits per heavy atom. The first-order chi connectivity index (χ1) is 6.85. The van der Waals surface area contributed by atoms with Crippen molar-refractivity contribution in [3.05, 3.63) is 0 Å². The van der Waals surface area contributed by atoms with E-state index in [-0.39, 0.29) is 0 Å². The first-order valence-corrected chi connectivity index (χ1v) is 5.72. The summed E-state index contributed by atoms with van der Waals surface area (Å²) >= 11 is 0. The van der Waals surface area contributed by atoms with Crippen LogP contribution < -0.4 is 5.73 Å². The maximum Gasteiger partial charge on any atom is 0.0601 e. The molecule has 2 N–H and O–H groups in total. The van der Waals surface area contributed by atoms with Crippen molar-refractivity contribution in [1.29, 1.82) is 0 Å². The van der Waals surface area contributed by atoms with Gasteiger partial charge in [0.1, 0.15) is 0 Å². The monoisotopic (exact) mass is 192 g/mol. The van der Waals surface area contributed by atoms with E-state index in [1.54, 1.807) is 0 Å². The Hall–Kier alpha value is -0.520. The van der Waals surface area contributed by atoms with E-state index in [2.05, 4.69) is 10.8 Å². The minimum Gasteiger partial charge on any atom is -0.330 e. The van der Waals surface area contributed by atoms with Crippen molar-refractivity contribution in [2.24, 2.45) is 17.6 Å². The molecule has 2 nitrogen and oxygen atoms in total. The van der Waals surface area contributed by atoms with E-state index in [0.717, 1.165) is 19.0 Å². The molecule has 14 heavy (non-hydrogen) atoms. The fourth-order valence-electron chi connectivity index (χ4n) is 2.37. The molecular weight excluding hydrogens is 172 g/mol. The van der Waals surface area contributed by atoms with Crippen LogP contribution in [-0.4, -0.2) is 30.6 Å². The second kappa shape index (κ2) is 4.33. The summed E-state index contributed by atoms with van der Waals surface area (Å²) in [4.78, 5) is 2.48. The van der Waals surface area contributed by atoms with Crippen LogP contribution in [0.1, 0.15) is 25.7 Å². The zero-order chi connectivity index (χ0) is 9.97. The molecule has 0 saturated heterocycles. The number of nitrogens with two attached hydrogens (primary N) is 1. The molecule has 0 bridgehead atoms. The Morgan fingerprint density at radius 2 is 2.07 bits per heavy atom. The van der Waals surface area contributed by atoms with E-state index in [1.165, 1.54) is 32.2 Å². The van der Waals surface area contributed by atoms with Gasteiger partial charge in [-0.2, -0.15) is 0 Å². The lowest BCUT2D eigenvalue weighted by Crippen LogP contribution is -2.50. The molecular formula is C12H20N2. The van der Waals surface area contributed by atoms with Crippen LogP contribution in [0.3, 0.4) is 0 Å². The second-order valence-corrected chi connectivity index (χ2v) is 4.72. The van der Waals surface area contributed by atoms with Crippen LogP contribution in [0.2, 0.25) is 0 Å². The van der Waals surface area contributed by atoms with Gasteiger partial charge in [-0.3, -0.25) is 4.90 Å². The SMILES string of the molecule is C#CCN(CC1CC1)C1CCC1CN. The van der Waals surface area contributed by atoms with Crippen molar-refractivity contribution in [3.8, 4) is 12.3 Å². The number of hydrogen-bond acceptors (Lipinski definition) is 2. The quantitative estimate of drug-likeness (QED) is 0.660. The molecule has 2 fully saturated rings. The van der Waals surface area contributed by atoms with Crippen molar-refractivity contribution in [3.63, 3.8) is 0 Å². The summed E-state index contributed by atoms with van der Waals surface area (Å²) in [5.74, 6) is 4.42. The minimum absolute atomic E-state index is 0.691. The molecule has 2 heteroatoms. The van der Waals surface area contributed by atoms with E-state index in [4.69, 9.17) is 12.2 Å². The lowest BCUT2D eigenvalue weighted by Gasteiger charge is -2.43. The maximum atomic E-state index is 5.73. The average Bonchev–Trinajstić information content (AvgIpc) is 2.87. The van der Waals surface area contributed by atoms with Crippen molar-refractivity contribution in [2.75, 3.05) is 19.6 Å². The fraction of sp³-hybridized carbons (Fsp3) is 0.833. The van der Waals surface area contributed by atoms with Gasteiger partial charge >= 0.3 is 0 Å². The molecule has 0 amide bonds. The Kier molecular flexibility index (Phi) is 3.10. The summed E-state index contributed by atoms with van der Waals surface area (Å²) in [5.41, 5.74) is 5.73. The molecule has 78 valence electrons. The Bertz CT molecular complexity index is 225. The largest absolute Gasteiger partial charge is 0.330 e. The molecule has 0 radical (unpaired) electrons. The number of rotatable bonds is 5. The molecule has 2 aliphatic rings. The minimum atomic E-state index is 0.691. The third-order valence-corrected chi connectivity index (χ3v) is 3.63. The van der Waals surface area contributed by atoms with Crippen LogP contribution >= 0.6 is 0 Å². The molecule has 2 rings (SSSR count). The molecule has 0 aromatic heterocycles. The lowest BCUT2D eigenvalue weighted by atomic mass is 9.78. The normalized spacial score (nSPS) is 31.2. The first-order valence-electron chi connectivity index (χ1n) is 5.72. The average molecular weight is 192 g/mol. The van der Waals surface area contributed by atoms with Crippen LogP contribution in [0.4, 0.5) is 0 Å². The van der Waals surface area contributed by atoms with Gasteiger partial charge < -0.3 is 5.73 Å². The van der Waals surface area contributed by atoms with Crippen molar-refractivity contribution < 1.29 is 0 Å². The Morgan fingerprint density at radius 3 is 2.50 bits per heavy atom. The molecule has 2 aliphatic carbocycles. The number of hydrogen-bond donors (Lipinski definition) is 1. The summed E-state index contributed by atoms with van der Waals surface area (Å²) in [6.07, 6.45) is 10.8. The predicted octanol–water partition coefficient (Wildman–Crippen LogP) is 1.07. The van der Waals surface area contributed by atoms with Gasteiger partial charge in [-0.25, -0.2) is 0 Å². The van der Waals surface area contributed by atoms with E-state index in [0.29, 0.717) is 12.0 Å². The zero-order valence-electron chi connectivity index (χ0n) is 8.78. The van der Waals surface area contributed by atoms with Crippen LogP contribution in [0.5, 0.6) is 0 Å². The Labute approximate surface area is 86.8 Å². The molecule has 2 unspecified atom stereocenters. The van der Waals surface area contributed by atoms with E-state index < -0.39 is 0 Å². The maximum absolute atomic E-state index is 5.73. The summed E-state index contributed by atoms with van der Waals surface area (Å²) in [7, 11) is 0. The highest BCUT2D eigenvalue weighted by Gasteiger charge is 2.36. The van der Waals surface area contributed by atoms with Gasteiger partial charge in [0, 0.05) is 12.6 Å². The van der Waals surface area contributed by atoms with Gasteiger partial charge in [-0.1, -0.05) is 5.92 Å². The van der Waals surface area contributed by atoms with Crippen LogP contribution in [0.15, 0.2) is 0 Å². The number of terminal acetylenes is 1. The summed E-state index contributed by atoms with van der Waals surface area (Å²) < 4.78 is 0. The molecule has 0 aliphatic heterocycles. The molecule has 0 heterocycles. The highest BCUT2D eigenvalue weighted by Crippen LogP contribution is 2.35. The number of nitrogens with zero attached hydrogens (tertiary/aromatic N) is 1. The van der Waals surface area contributed by atoms with Gasteiger partial charge in [-0.05, 0) is 44.1 Å². The third kappa shape index (κ3) is 2.10. The van der Waals surface area contributed by atoms with E-state index >= 15 is 0 Å².